The average Bonchev–Trinajstić information content (AvgIpc) is 2.40. The summed E-state index contributed by atoms with van der Waals surface area (Å²) in [7, 11) is 2.38. The molecule has 0 aromatic heterocycles. The fourth-order valence-electron chi connectivity index (χ4n) is 2.09. The zero-order valence-electron chi connectivity index (χ0n) is 5.72. The van der Waals surface area contributed by atoms with E-state index >= 15 is 0 Å². The molecule has 1 aliphatic heterocycles. The third-order valence-corrected chi connectivity index (χ3v) is 3.06. The lowest BCUT2D eigenvalue weighted by Crippen LogP contribution is -2.55. The van der Waals surface area contributed by atoms with E-state index in [-0.39, 0.29) is 0 Å². The van der Waals surface area contributed by atoms with E-state index in [1.54, 1.807) is 0 Å². The quantitative estimate of drug-likeness (QED) is 0.441. The van der Waals surface area contributed by atoms with Gasteiger partial charge in [-0.25, -0.2) is 0 Å². The lowest BCUT2D eigenvalue weighted by Gasteiger charge is -2.40. The summed E-state index contributed by atoms with van der Waals surface area (Å²) in [5.74, 6) is 1.15. The first-order chi connectivity index (χ1) is 3.76. The van der Waals surface area contributed by atoms with Gasteiger partial charge in [0.1, 0.15) is 0 Å². The Labute approximate surface area is 50.9 Å². The highest BCUT2D eigenvalue weighted by atomic mass is 15.4. The van der Waals surface area contributed by atoms with Crippen molar-refractivity contribution < 1.29 is 4.48 Å². The predicted octanol–water partition coefficient (Wildman–Crippen LogP) is 0.855. The van der Waals surface area contributed by atoms with Crippen LogP contribution in [-0.4, -0.2) is 30.7 Å². The van der Waals surface area contributed by atoms with E-state index in [0.29, 0.717) is 0 Å². The van der Waals surface area contributed by atoms with Crippen molar-refractivity contribution in [2.45, 2.75) is 19.4 Å². The van der Waals surface area contributed by atoms with Gasteiger partial charge in [0, 0.05) is 6.42 Å². The highest BCUT2D eigenvalue weighted by molar-refractivity contribution is 4.96. The number of hydrogen-bond donors (Lipinski definition) is 0. The fourth-order valence-corrected chi connectivity index (χ4v) is 2.09. The minimum absolute atomic E-state index is 1.10. The molecule has 2 rings (SSSR count). The van der Waals surface area contributed by atoms with E-state index < -0.39 is 0 Å². The zero-order chi connectivity index (χ0) is 5.78. The Morgan fingerprint density at radius 2 is 2.38 bits per heavy atom. The predicted molar refractivity (Wildman–Crippen MR) is 33.5 cm³/mol. The van der Waals surface area contributed by atoms with Crippen molar-refractivity contribution in [2.75, 3.05) is 20.1 Å². The molecule has 1 saturated heterocycles. The van der Waals surface area contributed by atoms with Crippen LogP contribution < -0.4 is 0 Å². The zero-order valence-corrected chi connectivity index (χ0v) is 5.72. The van der Waals surface area contributed by atoms with Gasteiger partial charge in [0.2, 0.25) is 0 Å². The maximum Gasteiger partial charge on any atom is 0.0980 e. The first-order valence-corrected chi connectivity index (χ1v) is 3.60. The summed E-state index contributed by atoms with van der Waals surface area (Å²) in [6.07, 6.45) is 1.53. The molecule has 0 spiro atoms. The Balaban J connectivity index is 2.06. The van der Waals surface area contributed by atoms with E-state index in [2.05, 4.69) is 14.0 Å². The molecule has 1 heteroatoms. The van der Waals surface area contributed by atoms with Crippen molar-refractivity contribution in [1.82, 2.24) is 0 Å². The molecule has 0 aromatic carbocycles. The highest BCUT2D eigenvalue weighted by Crippen LogP contribution is 2.50. The average molecular weight is 112 g/mol. The van der Waals surface area contributed by atoms with Crippen molar-refractivity contribution in [3.8, 4) is 0 Å². The Bertz CT molecular complexity index is 122. The molecule has 2 aliphatic rings. The molecule has 3 atom stereocenters. The van der Waals surface area contributed by atoms with Crippen molar-refractivity contribution >= 4 is 0 Å². The van der Waals surface area contributed by atoms with E-state index in [1.807, 2.05) is 0 Å². The van der Waals surface area contributed by atoms with Gasteiger partial charge < -0.3 is 4.48 Å². The van der Waals surface area contributed by atoms with Gasteiger partial charge in [0.25, 0.3) is 0 Å². The maximum atomic E-state index is 2.38. The van der Waals surface area contributed by atoms with Crippen LogP contribution in [0.2, 0.25) is 0 Å². The van der Waals surface area contributed by atoms with Crippen LogP contribution in [0.1, 0.15) is 13.3 Å². The van der Waals surface area contributed by atoms with Crippen LogP contribution in [0.5, 0.6) is 0 Å². The van der Waals surface area contributed by atoms with Crippen LogP contribution in [0.25, 0.3) is 0 Å². The third kappa shape index (κ3) is 0.368. The Morgan fingerprint density at radius 1 is 1.62 bits per heavy atom. The van der Waals surface area contributed by atoms with Gasteiger partial charge in [0.05, 0.1) is 32.1 Å². The standard InChI is InChI=1S/C7H14N/c1-3-8(2)5-6-4-7(6)8/h6-7H,3-5H2,1-2H3/q+1. The van der Waals surface area contributed by atoms with Crippen molar-refractivity contribution in [2.24, 2.45) is 5.92 Å². The molecule has 0 bridgehead atoms. The molecule has 1 saturated carbocycles. The third-order valence-electron chi connectivity index (χ3n) is 3.06. The normalized spacial score (nSPS) is 59.2. The maximum absolute atomic E-state index is 2.38. The molecule has 8 heavy (non-hydrogen) atoms. The van der Waals surface area contributed by atoms with Crippen LogP contribution in [0.4, 0.5) is 0 Å². The summed E-state index contributed by atoms with van der Waals surface area (Å²) < 4.78 is 1.38. The van der Waals surface area contributed by atoms with E-state index in [0.717, 1.165) is 12.0 Å². The van der Waals surface area contributed by atoms with Crippen molar-refractivity contribution in [1.29, 1.82) is 0 Å². The van der Waals surface area contributed by atoms with Gasteiger partial charge in [-0.1, -0.05) is 0 Å². The monoisotopic (exact) mass is 112 g/mol. The first-order valence-electron chi connectivity index (χ1n) is 3.60. The summed E-state index contributed by atoms with van der Waals surface area (Å²) in [5.41, 5.74) is 0. The SMILES string of the molecule is CC[N+]1(C)CC2CC21. The van der Waals surface area contributed by atoms with Crippen LogP contribution in [0.15, 0.2) is 0 Å². The molecule has 1 nitrogen and oxygen atoms in total. The second kappa shape index (κ2) is 1.10. The molecule has 46 valence electrons. The van der Waals surface area contributed by atoms with E-state index in [1.165, 1.54) is 24.0 Å². The van der Waals surface area contributed by atoms with Crippen molar-refractivity contribution in [3.05, 3.63) is 0 Å². The first kappa shape index (κ1) is 4.80. The Hall–Kier alpha value is -0.0400. The number of nitrogens with zero attached hydrogens (tertiary/aromatic N) is 1. The molecule has 0 amide bonds. The molecule has 2 fully saturated rings. The Kier molecular flexibility index (Phi) is 0.663. The lowest BCUT2D eigenvalue weighted by molar-refractivity contribution is -0.952. The highest BCUT2D eigenvalue weighted by Gasteiger charge is 2.62. The van der Waals surface area contributed by atoms with Gasteiger partial charge >= 0.3 is 0 Å². The molecule has 0 aromatic rings. The van der Waals surface area contributed by atoms with Crippen LogP contribution in [0, 0.1) is 5.92 Å². The number of likely N-dealkylation sites (tertiary alicyclic amines) is 1. The molecule has 3 unspecified atom stereocenters. The fraction of sp³-hybridized carbons (Fsp3) is 1.00. The van der Waals surface area contributed by atoms with Crippen LogP contribution in [0.3, 0.4) is 0 Å². The van der Waals surface area contributed by atoms with E-state index in [9.17, 15) is 0 Å². The summed E-state index contributed by atoms with van der Waals surface area (Å²) in [4.78, 5) is 0. The van der Waals surface area contributed by atoms with Crippen LogP contribution >= 0.6 is 0 Å². The molecular weight excluding hydrogens is 98.1 g/mol. The number of hydrogen-bond acceptors (Lipinski definition) is 0. The number of quaternary nitrogens is 1. The second-order valence-electron chi connectivity index (χ2n) is 3.54. The van der Waals surface area contributed by atoms with Crippen molar-refractivity contribution in [3.63, 3.8) is 0 Å². The molecule has 1 aliphatic carbocycles. The molecule has 1 heterocycles. The largest absolute Gasteiger partial charge is 0.323 e. The summed E-state index contributed by atoms with van der Waals surface area (Å²) in [6.45, 7) is 5.12. The summed E-state index contributed by atoms with van der Waals surface area (Å²) in [5, 5.41) is 0. The van der Waals surface area contributed by atoms with E-state index in [4.69, 9.17) is 0 Å². The summed E-state index contributed by atoms with van der Waals surface area (Å²) in [6, 6.07) is 1.10. The second-order valence-corrected chi connectivity index (χ2v) is 3.54. The molecule has 0 N–H and O–H groups in total. The van der Waals surface area contributed by atoms with Gasteiger partial charge in [0.15, 0.2) is 0 Å². The smallest absolute Gasteiger partial charge is 0.0980 e. The minimum atomic E-state index is 1.10. The molecule has 0 radical (unpaired) electrons. The summed E-state index contributed by atoms with van der Waals surface area (Å²) >= 11 is 0. The number of fused-ring (bicyclic) bond motifs is 1. The lowest BCUT2D eigenvalue weighted by atomic mass is 10.2. The topological polar surface area (TPSA) is 0 Å². The van der Waals surface area contributed by atoms with Crippen LogP contribution in [-0.2, 0) is 0 Å². The number of rotatable bonds is 1. The van der Waals surface area contributed by atoms with Gasteiger partial charge in [-0.05, 0) is 6.92 Å². The minimum Gasteiger partial charge on any atom is -0.323 e. The van der Waals surface area contributed by atoms with Gasteiger partial charge in [-0.2, -0.15) is 0 Å². The van der Waals surface area contributed by atoms with Gasteiger partial charge in [-0.3, -0.25) is 0 Å². The van der Waals surface area contributed by atoms with Gasteiger partial charge in [-0.15, -0.1) is 0 Å². The Morgan fingerprint density at radius 3 is 2.50 bits per heavy atom. The molecular formula is C7H14N+.